The average Bonchev–Trinajstić information content (AvgIpc) is 2.88. The number of aryl methyl sites for hydroxylation is 1. The van der Waals surface area contributed by atoms with Crippen molar-refractivity contribution in [3.63, 3.8) is 0 Å². The third kappa shape index (κ3) is 2.57. The zero-order chi connectivity index (χ0) is 13.1. The van der Waals surface area contributed by atoms with Crippen molar-refractivity contribution in [3.05, 3.63) is 59.7 Å². The van der Waals surface area contributed by atoms with Crippen molar-refractivity contribution in [1.29, 1.82) is 0 Å². The minimum Gasteiger partial charge on any atom is -0.310 e. The highest BCUT2D eigenvalue weighted by atomic mass is 14.9. The highest BCUT2D eigenvalue weighted by Crippen LogP contribution is 2.34. The van der Waals surface area contributed by atoms with Crippen molar-refractivity contribution in [2.75, 3.05) is 6.54 Å². The Bertz CT molecular complexity index is 545. The van der Waals surface area contributed by atoms with Crippen LogP contribution in [0.1, 0.15) is 36.9 Å². The molecule has 1 heteroatoms. The van der Waals surface area contributed by atoms with E-state index in [9.17, 15) is 0 Å². The van der Waals surface area contributed by atoms with Crippen LogP contribution in [0.3, 0.4) is 0 Å². The first-order valence-corrected chi connectivity index (χ1v) is 7.30. The summed E-state index contributed by atoms with van der Waals surface area (Å²) in [6.45, 7) is 3.34. The normalized spacial score (nSPS) is 17.4. The lowest BCUT2D eigenvalue weighted by molar-refractivity contribution is 0.529. The van der Waals surface area contributed by atoms with E-state index < -0.39 is 0 Å². The Morgan fingerprint density at radius 2 is 1.89 bits per heavy atom. The van der Waals surface area contributed by atoms with Crippen LogP contribution in [0.4, 0.5) is 0 Å². The standard InChI is InChI=1S/C18H21N/c1-2-12-19-18-11-9-16-13-15(8-10-17(16)18)14-6-4-3-5-7-14/h3-8,10,13,18-19H,2,9,11-12H2,1H3. The van der Waals surface area contributed by atoms with Crippen LogP contribution >= 0.6 is 0 Å². The molecule has 2 aromatic rings. The second kappa shape index (κ2) is 5.58. The Kier molecular flexibility index (Phi) is 3.65. The number of benzene rings is 2. The fourth-order valence-electron chi connectivity index (χ4n) is 2.96. The molecule has 0 spiro atoms. The molecule has 0 aromatic heterocycles. The molecule has 0 heterocycles. The van der Waals surface area contributed by atoms with E-state index in [-0.39, 0.29) is 0 Å². The van der Waals surface area contributed by atoms with Crippen molar-refractivity contribution in [2.24, 2.45) is 0 Å². The van der Waals surface area contributed by atoms with Crippen molar-refractivity contribution < 1.29 is 0 Å². The first kappa shape index (κ1) is 12.4. The van der Waals surface area contributed by atoms with Crippen LogP contribution < -0.4 is 5.32 Å². The van der Waals surface area contributed by atoms with Crippen LogP contribution in [-0.4, -0.2) is 6.54 Å². The summed E-state index contributed by atoms with van der Waals surface area (Å²) in [5.41, 5.74) is 5.69. The summed E-state index contributed by atoms with van der Waals surface area (Å²) in [5, 5.41) is 3.65. The van der Waals surface area contributed by atoms with Gasteiger partial charge < -0.3 is 5.32 Å². The van der Waals surface area contributed by atoms with E-state index in [1.165, 1.54) is 41.5 Å². The number of fused-ring (bicyclic) bond motifs is 1. The molecule has 0 saturated heterocycles. The number of nitrogens with one attached hydrogen (secondary N) is 1. The largest absolute Gasteiger partial charge is 0.310 e. The van der Waals surface area contributed by atoms with Gasteiger partial charge in [-0.2, -0.15) is 0 Å². The van der Waals surface area contributed by atoms with E-state index in [1.807, 2.05) is 0 Å². The molecule has 1 aliphatic rings. The molecule has 0 aliphatic heterocycles. The molecule has 1 aliphatic carbocycles. The third-order valence-electron chi connectivity index (χ3n) is 3.97. The van der Waals surface area contributed by atoms with Gasteiger partial charge in [0.05, 0.1) is 0 Å². The summed E-state index contributed by atoms with van der Waals surface area (Å²) in [7, 11) is 0. The first-order valence-electron chi connectivity index (χ1n) is 7.30. The topological polar surface area (TPSA) is 12.0 Å². The Hall–Kier alpha value is -1.60. The van der Waals surface area contributed by atoms with E-state index in [2.05, 4.69) is 60.8 Å². The minimum atomic E-state index is 0.569. The van der Waals surface area contributed by atoms with E-state index in [0.29, 0.717) is 6.04 Å². The molecule has 1 N–H and O–H groups in total. The molecular weight excluding hydrogens is 230 g/mol. The summed E-state index contributed by atoms with van der Waals surface area (Å²) < 4.78 is 0. The molecular formula is C18H21N. The molecule has 1 atom stereocenters. The van der Waals surface area contributed by atoms with E-state index in [4.69, 9.17) is 0 Å². The summed E-state index contributed by atoms with van der Waals surface area (Å²) in [5.74, 6) is 0. The maximum absolute atomic E-state index is 3.65. The Labute approximate surface area is 115 Å². The molecule has 2 aromatic carbocycles. The molecule has 1 nitrogen and oxygen atoms in total. The van der Waals surface area contributed by atoms with Crippen LogP contribution in [0.25, 0.3) is 11.1 Å². The molecule has 19 heavy (non-hydrogen) atoms. The fourth-order valence-corrected chi connectivity index (χ4v) is 2.96. The van der Waals surface area contributed by atoms with E-state index in [1.54, 1.807) is 0 Å². The number of rotatable bonds is 4. The molecule has 0 saturated carbocycles. The summed E-state index contributed by atoms with van der Waals surface area (Å²) >= 11 is 0. The number of hydrogen-bond donors (Lipinski definition) is 1. The second-order valence-electron chi connectivity index (χ2n) is 5.33. The lowest BCUT2D eigenvalue weighted by Crippen LogP contribution is -2.19. The first-order chi connectivity index (χ1) is 9.38. The van der Waals surface area contributed by atoms with Crippen LogP contribution in [0.15, 0.2) is 48.5 Å². The minimum absolute atomic E-state index is 0.569. The predicted octanol–water partition coefficient (Wildman–Crippen LogP) is 4.34. The summed E-state index contributed by atoms with van der Waals surface area (Å²) in [6.07, 6.45) is 3.65. The predicted molar refractivity (Wildman–Crippen MR) is 81.2 cm³/mol. The van der Waals surface area contributed by atoms with E-state index >= 15 is 0 Å². The van der Waals surface area contributed by atoms with Gasteiger partial charge in [0.15, 0.2) is 0 Å². The third-order valence-corrected chi connectivity index (χ3v) is 3.97. The van der Waals surface area contributed by atoms with E-state index in [0.717, 1.165) is 6.54 Å². The SMILES string of the molecule is CCCNC1CCc2cc(-c3ccccc3)ccc21. The quantitative estimate of drug-likeness (QED) is 0.852. The lowest BCUT2D eigenvalue weighted by Gasteiger charge is -2.13. The lowest BCUT2D eigenvalue weighted by atomic mass is 10.00. The van der Waals surface area contributed by atoms with Crippen molar-refractivity contribution >= 4 is 0 Å². The van der Waals surface area contributed by atoms with Gasteiger partial charge in [-0.05, 0) is 48.1 Å². The second-order valence-corrected chi connectivity index (χ2v) is 5.33. The molecule has 0 fully saturated rings. The highest BCUT2D eigenvalue weighted by molar-refractivity contribution is 5.65. The van der Waals surface area contributed by atoms with Crippen LogP contribution in [0, 0.1) is 0 Å². The monoisotopic (exact) mass is 251 g/mol. The molecule has 0 radical (unpaired) electrons. The van der Waals surface area contributed by atoms with Gasteiger partial charge in [0.25, 0.3) is 0 Å². The zero-order valence-corrected chi connectivity index (χ0v) is 11.5. The van der Waals surface area contributed by atoms with Gasteiger partial charge in [-0.3, -0.25) is 0 Å². The van der Waals surface area contributed by atoms with Gasteiger partial charge in [-0.1, -0.05) is 55.5 Å². The summed E-state index contributed by atoms with van der Waals surface area (Å²) in [4.78, 5) is 0. The van der Waals surface area contributed by atoms with Gasteiger partial charge in [0, 0.05) is 6.04 Å². The molecule has 98 valence electrons. The smallest absolute Gasteiger partial charge is 0.0326 e. The molecule has 1 unspecified atom stereocenters. The average molecular weight is 251 g/mol. The Morgan fingerprint density at radius 1 is 1.05 bits per heavy atom. The molecule has 0 amide bonds. The van der Waals surface area contributed by atoms with Gasteiger partial charge in [0.1, 0.15) is 0 Å². The maximum atomic E-state index is 3.65. The van der Waals surface area contributed by atoms with Crippen LogP contribution in [0.5, 0.6) is 0 Å². The van der Waals surface area contributed by atoms with Crippen LogP contribution in [-0.2, 0) is 6.42 Å². The molecule has 0 bridgehead atoms. The fraction of sp³-hybridized carbons (Fsp3) is 0.333. The van der Waals surface area contributed by atoms with Gasteiger partial charge in [-0.15, -0.1) is 0 Å². The van der Waals surface area contributed by atoms with Gasteiger partial charge in [-0.25, -0.2) is 0 Å². The van der Waals surface area contributed by atoms with Crippen LogP contribution in [0.2, 0.25) is 0 Å². The van der Waals surface area contributed by atoms with Gasteiger partial charge >= 0.3 is 0 Å². The Morgan fingerprint density at radius 3 is 2.68 bits per heavy atom. The number of hydrogen-bond acceptors (Lipinski definition) is 1. The van der Waals surface area contributed by atoms with Crippen molar-refractivity contribution in [1.82, 2.24) is 5.32 Å². The van der Waals surface area contributed by atoms with Gasteiger partial charge in [0.2, 0.25) is 0 Å². The van der Waals surface area contributed by atoms with Crippen molar-refractivity contribution in [2.45, 2.75) is 32.2 Å². The Balaban J connectivity index is 1.86. The summed E-state index contributed by atoms with van der Waals surface area (Å²) in [6, 6.07) is 18.2. The maximum Gasteiger partial charge on any atom is 0.0326 e. The highest BCUT2D eigenvalue weighted by Gasteiger charge is 2.21. The van der Waals surface area contributed by atoms with Crippen molar-refractivity contribution in [3.8, 4) is 11.1 Å². The zero-order valence-electron chi connectivity index (χ0n) is 11.5. The molecule has 3 rings (SSSR count).